The van der Waals surface area contributed by atoms with Crippen LogP contribution in [0.2, 0.25) is 0 Å². The summed E-state index contributed by atoms with van der Waals surface area (Å²) in [5.41, 5.74) is 2.33. The summed E-state index contributed by atoms with van der Waals surface area (Å²) >= 11 is 0. The van der Waals surface area contributed by atoms with Gasteiger partial charge in [-0.05, 0) is 42.2 Å². The molecule has 1 aromatic carbocycles. The molecule has 86 valence electrons. The summed E-state index contributed by atoms with van der Waals surface area (Å²) in [6.45, 7) is 3.99. The quantitative estimate of drug-likeness (QED) is 0.688. The van der Waals surface area contributed by atoms with Crippen molar-refractivity contribution in [2.45, 2.75) is 26.7 Å². The number of rotatable bonds is 1. The van der Waals surface area contributed by atoms with Crippen molar-refractivity contribution in [3.8, 4) is 6.07 Å². The minimum Gasteiger partial charge on any atom is -0.294 e. The summed E-state index contributed by atoms with van der Waals surface area (Å²) in [5.74, 6) is 0.252. The Morgan fingerprint density at radius 3 is 2.41 bits per heavy atom. The molecule has 1 aliphatic carbocycles. The third-order valence-corrected chi connectivity index (χ3v) is 3.31. The number of hydrogen-bond acceptors (Lipinski definition) is 2. The van der Waals surface area contributed by atoms with Crippen molar-refractivity contribution in [3.05, 3.63) is 41.0 Å². The Bertz CT molecular complexity index is 515. The Kier molecular flexibility index (Phi) is 2.85. The molecule has 0 spiro atoms. The van der Waals surface area contributed by atoms with Gasteiger partial charge in [0, 0.05) is 5.41 Å². The van der Waals surface area contributed by atoms with Gasteiger partial charge >= 0.3 is 0 Å². The maximum atomic E-state index is 12.0. The second-order valence-electron chi connectivity index (χ2n) is 5.12. The third kappa shape index (κ3) is 2.29. The molecule has 0 heterocycles. The molecule has 1 saturated carbocycles. The van der Waals surface area contributed by atoms with Gasteiger partial charge in [-0.3, -0.25) is 4.79 Å². The minimum atomic E-state index is -0.210. The zero-order chi connectivity index (χ0) is 12.5. The molecule has 0 amide bonds. The van der Waals surface area contributed by atoms with E-state index in [1.807, 2.05) is 32.1 Å². The first-order valence-electron chi connectivity index (χ1n) is 5.78. The normalized spacial score (nSPS) is 20.5. The largest absolute Gasteiger partial charge is 0.294 e. The van der Waals surface area contributed by atoms with Crippen molar-refractivity contribution in [1.29, 1.82) is 5.26 Å². The molecule has 0 aromatic heterocycles. The molecule has 0 N–H and O–H groups in total. The fourth-order valence-corrected chi connectivity index (χ4v) is 2.10. The first-order valence-corrected chi connectivity index (χ1v) is 5.78. The van der Waals surface area contributed by atoms with E-state index in [1.54, 1.807) is 12.1 Å². The van der Waals surface area contributed by atoms with E-state index in [2.05, 4.69) is 6.07 Å². The molecule has 1 aliphatic rings. The standard InChI is InChI=1S/C15H15NO/c1-15(2)8-7-13(14(15)17)9-11-3-5-12(10-16)6-4-11/h3-6,9H,7-8H2,1-2H3. The third-order valence-electron chi connectivity index (χ3n) is 3.31. The summed E-state index contributed by atoms with van der Waals surface area (Å²) in [6, 6.07) is 9.39. The second-order valence-corrected chi connectivity index (χ2v) is 5.12. The van der Waals surface area contributed by atoms with Gasteiger partial charge in [0.15, 0.2) is 5.78 Å². The monoisotopic (exact) mass is 225 g/mol. The van der Waals surface area contributed by atoms with E-state index in [-0.39, 0.29) is 11.2 Å². The number of Topliss-reactive ketones (excluding diaryl/α,β-unsaturated/α-hetero) is 1. The van der Waals surface area contributed by atoms with Crippen molar-refractivity contribution >= 4 is 11.9 Å². The molecule has 2 nitrogen and oxygen atoms in total. The van der Waals surface area contributed by atoms with Crippen LogP contribution in [0.25, 0.3) is 6.08 Å². The van der Waals surface area contributed by atoms with E-state index in [1.165, 1.54) is 0 Å². The van der Waals surface area contributed by atoms with E-state index in [0.29, 0.717) is 5.56 Å². The van der Waals surface area contributed by atoms with E-state index in [9.17, 15) is 4.79 Å². The predicted octanol–water partition coefficient (Wildman–Crippen LogP) is 3.33. The highest BCUT2D eigenvalue weighted by Gasteiger charge is 2.36. The van der Waals surface area contributed by atoms with Gasteiger partial charge in [-0.15, -0.1) is 0 Å². The van der Waals surface area contributed by atoms with Crippen LogP contribution >= 0.6 is 0 Å². The van der Waals surface area contributed by atoms with Gasteiger partial charge < -0.3 is 0 Å². The number of carbonyl (C=O) groups excluding carboxylic acids is 1. The van der Waals surface area contributed by atoms with Gasteiger partial charge in [0.2, 0.25) is 0 Å². The molecule has 17 heavy (non-hydrogen) atoms. The fourth-order valence-electron chi connectivity index (χ4n) is 2.10. The van der Waals surface area contributed by atoms with Gasteiger partial charge in [-0.25, -0.2) is 0 Å². The molecule has 0 radical (unpaired) electrons. The first kappa shape index (κ1) is 11.6. The molecule has 0 unspecified atom stereocenters. The van der Waals surface area contributed by atoms with Crippen molar-refractivity contribution in [2.75, 3.05) is 0 Å². The molecule has 2 heteroatoms. The van der Waals surface area contributed by atoms with Crippen LogP contribution in [0.15, 0.2) is 29.8 Å². The lowest BCUT2D eigenvalue weighted by atomic mass is 9.90. The van der Waals surface area contributed by atoms with Gasteiger partial charge in [-0.1, -0.05) is 26.0 Å². The number of nitriles is 1. The Hall–Kier alpha value is -1.88. The Labute approximate surface area is 102 Å². The Morgan fingerprint density at radius 2 is 1.94 bits per heavy atom. The molecule has 0 saturated heterocycles. The van der Waals surface area contributed by atoms with Crippen LogP contribution in [-0.4, -0.2) is 5.78 Å². The highest BCUT2D eigenvalue weighted by Crippen LogP contribution is 2.37. The van der Waals surface area contributed by atoms with Crippen LogP contribution < -0.4 is 0 Å². The van der Waals surface area contributed by atoms with Gasteiger partial charge in [0.05, 0.1) is 11.6 Å². The lowest BCUT2D eigenvalue weighted by Crippen LogP contribution is -2.17. The highest BCUT2D eigenvalue weighted by atomic mass is 16.1. The first-order chi connectivity index (χ1) is 8.03. The second kappa shape index (κ2) is 4.18. The van der Waals surface area contributed by atoms with Crippen LogP contribution in [0.4, 0.5) is 0 Å². The number of benzene rings is 1. The van der Waals surface area contributed by atoms with Crippen molar-refractivity contribution in [1.82, 2.24) is 0 Å². The zero-order valence-electron chi connectivity index (χ0n) is 10.2. The Balaban J connectivity index is 2.26. The summed E-state index contributed by atoms with van der Waals surface area (Å²) in [4.78, 5) is 12.0. The summed E-state index contributed by atoms with van der Waals surface area (Å²) in [6.07, 6.45) is 3.72. The average Bonchev–Trinajstić information content (AvgIpc) is 2.57. The van der Waals surface area contributed by atoms with Crippen LogP contribution in [0.3, 0.4) is 0 Å². The van der Waals surface area contributed by atoms with Crippen molar-refractivity contribution in [3.63, 3.8) is 0 Å². The summed E-state index contributed by atoms with van der Waals surface area (Å²) < 4.78 is 0. The number of allylic oxidation sites excluding steroid dienone is 1. The van der Waals surface area contributed by atoms with Crippen LogP contribution in [0.1, 0.15) is 37.8 Å². The van der Waals surface area contributed by atoms with Gasteiger partial charge in [0.25, 0.3) is 0 Å². The predicted molar refractivity (Wildman–Crippen MR) is 67.2 cm³/mol. The maximum absolute atomic E-state index is 12.0. The lowest BCUT2D eigenvalue weighted by molar-refractivity contribution is -0.121. The lowest BCUT2D eigenvalue weighted by Gasteiger charge is -2.12. The summed E-state index contributed by atoms with van der Waals surface area (Å²) in [5, 5.41) is 8.70. The molecule has 1 fully saturated rings. The molecule has 0 aliphatic heterocycles. The molecule has 0 atom stereocenters. The van der Waals surface area contributed by atoms with Gasteiger partial charge in [-0.2, -0.15) is 5.26 Å². The average molecular weight is 225 g/mol. The minimum absolute atomic E-state index is 0.210. The van der Waals surface area contributed by atoms with E-state index < -0.39 is 0 Å². The van der Waals surface area contributed by atoms with E-state index >= 15 is 0 Å². The Morgan fingerprint density at radius 1 is 1.29 bits per heavy atom. The molecule has 1 aromatic rings. The van der Waals surface area contributed by atoms with Crippen molar-refractivity contribution < 1.29 is 4.79 Å². The van der Waals surface area contributed by atoms with Crippen LogP contribution in [0.5, 0.6) is 0 Å². The highest BCUT2D eigenvalue weighted by molar-refractivity contribution is 6.05. The smallest absolute Gasteiger partial charge is 0.164 e. The van der Waals surface area contributed by atoms with E-state index in [4.69, 9.17) is 5.26 Å². The van der Waals surface area contributed by atoms with Crippen LogP contribution in [-0.2, 0) is 4.79 Å². The molecular weight excluding hydrogens is 210 g/mol. The number of hydrogen-bond donors (Lipinski definition) is 0. The topological polar surface area (TPSA) is 40.9 Å². The number of ketones is 1. The SMILES string of the molecule is CC1(C)CCC(=Cc2ccc(C#N)cc2)C1=O. The van der Waals surface area contributed by atoms with Crippen LogP contribution in [0, 0.1) is 16.7 Å². The number of nitrogens with zero attached hydrogens (tertiary/aromatic N) is 1. The maximum Gasteiger partial charge on any atom is 0.164 e. The molecular formula is C15H15NO. The van der Waals surface area contributed by atoms with Crippen molar-refractivity contribution in [2.24, 2.45) is 5.41 Å². The molecule has 0 bridgehead atoms. The number of carbonyl (C=O) groups is 1. The zero-order valence-corrected chi connectivity index (χ0v) is 10.2. The molecule has 2 rings (SSSR count). The van der Waals surface area contributed by atoms with Gasteiger partial charge in [0.1, 0.15) is 0 Å². The fraction of sp³-hybridized carbons (Fsp3) is 0.333. The van der Waals surface area contributed by atoms with E-state index in [0.717, 1.165) is 24.0 Å². The summed E-state index contributed by atoms with van der Waals surface area (Å²) in [7, 11) is 0.